The van der Waals surface area contributed by atoms with Gasteiger partial charge in [-0.15, -0.1) is 0 Å². The highest BCUT2D eigenvalue weighted by molar-refractivity contribution is 7.99. The minimum atomic E-state index is 0.113. The third kappa shape index (κ3) is 5.34. The van der Waals surface area contributed by atoms with Crippen LogP contribution in [-0.2, 0) is 6.54 Å². The molecular formula is C17H21ClN2S. The van der Waals surface area contributed by atoms with E-state index in [0.29, 0.717) is 0 Å². The molecule has 0 saturated heterocycles. The van der Waals surface area contributed by atoms with Crippen LogP contribution in [0.1, 0.15) is 31.9 Å². The fourth-order valence-corrected chi connectivity index (χ4v) is 2.97. The first kappa shape index (κ1) is 16.3. The van der Waals surface area contributed by atoms with Crippen LogP contribution in [0.3, 0.4) is 0 Å². The zero-order valence-electron chi connectivity index (χ0n) is 12.9. The number of hydrogen-bond acceptors (Lipinski definition) is 3. The fourth-order valence-electron chi connectivity index (χ4n) is 1.83. The first-order valence-electron chi connectivity index (χ1n) is 6.97. The molecule has 0 amide bonds. The maximum absolute atomic E-state index is 6.02. The van der Waals surface area contributed by atoms with E-state index < -0.39 is 0 Å². The lowest BCUT2D eigenvalue weighted by atomic mass is 10.1. The fraction of sp³-hybridized carbons (Fsp3) is 0.353. The first-order chi connectivity index (χ1) is 9.83. The van der Waals surface area contributed by atoms with E-state index in [1.165, 1.54) is 11.1 Å². The Morgan fingerprint density at radius 1 is 1.24 bits per heavy atom. The largest absolute Gasteiger partial charge is 0.308 e. The number of benzene rings is 1. The van der Waals surface area contributed by atoms with Gasteiger partial charge in [0.2, 0.25) is 0 Å². The molecule has 0 bridgehead atoms. The molecule has 4 heteroatoms. The summed E-state index contributed by atoms with van der Waals surface area (Å²) < 4.78 is 0. The van der Waals surface area contributed by atoms with Gasteiger partial charge in [-0.05, 0) is 57.0 Å². The molecule has 0 aliphatic heterocycles. The van der Waals surface area contributed by atoms with Crippen molar-refractivity contribution in [1.82, 2.24) is 10.3 Å². The molecular weight excluding hydrogens is 300 g/mol. The molecule has 0 fully saturated rings. The van der Waals surface area contributed by atoms with Crippen LogP contribution in [-0.4, -0.2) is 10.5 Å². The average molecular weight is 321 g/mol. The van der Waals surface area contributed by atoms with Crippen LogP contribution in [0.15, 0.2) is 46.5 Å². The molecule has 0 aliphatic carbocycles. The molecule has 0 saturated carbocycles. The quantitative estimate of drug-likeness (QED) is 0.850. The van der Waals surface area contributed by atoms with Gasteiger partial charge in [0.25, 0.3) is 0 Å². The van der Waals surface area contributed by atoms with Gasteiger partial charge in [-0.1, -0.05) is 35.5 Å². The van der Waals surface area contributed by atoms with Crippen molar-refractivity contribution < 1.29 is 0 Å². The van der Waals surface area contributed by atoms with Crippen molar-refractivity contribution in [2.24, 2.45) is 0 Å². The van der Waals surface area contributed by atoms with Crippen LogP contribution >= 0.6 is 23.4 Å². The van der Waals surface area contributed by atoms with Gasteiger partial charge in [0, 0.05) is 28.2 Å². The Morgan fingerprint density at radius 2 is 2.00 bits per heavy atom. The van der Waals surface area contributed by atoms with Crippen molar-refractivity contribution in [1.29, 1.82) is 0 Å². The number of nitrogens with one attached hydrogen (secondary N) is 1. The summed E-state index contributed by atoms with van der Waals surface area (Å²) in [6.45, 7) is 9.42. The van der Waals surface area contributed by atoms with Crippen molar-refractivity contribution >= 4 is 23.4 Å². The summed E-state index contributed by atoms with van der Waals surface area (Å²) in [7, 11) is 0. The van der Waals surface area contributed by atoms with Crippen LogP contribution < -0.4 is 5.32 Å². The van der Waals surface area contributed by atoms with Crippen LogP contribution in [0, 0.1) is 6.92 Å². The van der Waals surface area contributed by atoms with Crippen LogP contribution in [0.4, 0.5) is 0 Å². The summed E-state index contributed by atoms with van der Waals surface area (Å²) in [5, 5.41) is 5.26. The highest BCUT2D eigenvalue weighted by Crippen LogP contribution is 2.30. The van der Waals surface area contributed by atoms with Crippen molar-refractivity contribution in [3.8, 4) is 0 Å². The standard InChI is InChI=1S/C17H21ClN2S/c1-12-8-13(11-20-17(2,3)4)10-19-16(12)21-15-7-5-6-14(18)9-15/h5-10,20H,11H2,1-4H3. The normalized spacial score (nSPS) is 11.7. The van der Waals surface area contributed by atoms with Gasteiger partial charge >= 0.3 is 0 Å². The third-order valence-corrected chi connectivity index (χ3v) is 4.27. The molecule has 2 nitrogen and oxygen atoms in total. The van der Waals surface area contributed by atoms with Crippen LogP contribution in [0.2, 0.25) is 5.02 Å². The molecule has 1 heterocycles. The second-order valence-electron chi connectivity index (χ2n) is 6.13. The Balaban J connectivity index is 2.09. The molecule has 1 N–H and O–H groups in total. The molecule has 2 rings (SSSR count). The van der Waals surface area contributed by atoms with E-state index >= 15 is 0 Å². The average Bonchev–Trinajstić information content (AvgIpc) is 2.38. The Labute approximate surface area is 136 Å². The molecule has 21 heavy (non-hydrogen) atoms. The molecule has 0 aliphatic rings. The number of rotatable bonds is 4. The summed E-state index contributed by atoms with van der Waals surface area (Å²) in [5.74, 6) is 0. The number of halogens is 1. The molecule has 0 spiro atoms. The van der Waals surface area contributed by atoms with Gasteiger partial charge in [-0.25, -0.2) is 4.98 Å². The highest BCUT2D eigenvalue weighted by Gasteiger charge is 2.10. The van der Waals surface area contributed by atoms with Gasteiger partial charge in [-0.2, -0.15) is 0 Å². The topological polar surface area (TPSA) is 24.9 Å². The minimum Gasteiger partial charge on any atom is -0.308 e. The summed E-state index contributed by atoms with van der Waals surface area (Å²) in [6, 6.07) is 10.0. The van der Waals surface area contributed by atoms with E-state index in [2.05, 4.69) is 44.1 Å². The van der Waals surface area contributed by atoms with Crippen molar-refractivity contribution in [3.05, 3.63) is 52.7 Å². The SMILES string of the molecule is Cc1cc(CNC(C)(C)C)cnc1Sc1cccc(Cl)c1. The predicted molar refractivity (Wildman–Crippen MR) is 91.1 cm³/mol. The lowest BCUT2D eigenvalue weighted by molar-refractivity contribution is 0.424. The van der Waals surface area contributed by atoms with E-state index in [4.69, 9.17) is 11.6 Å². The van der Waals surface area contributed by atoms with E-state index in [1.807, 2.05) is 30.5 Å². The van der Waals surface area contributed by atoms with Crippen molar-refractivity contribution in [2.75, 3.05) is 0 Å². The number of nitrogens with zero attached hydrogens (tertiary/aromatic N) is 1. The van der Waals surface area contributed by atoms with E-state index in [9.17, 15) is 0 Å². The number of pyridine rings is 1. The molecule has 0 radical (unpaired) electrons. The molecule has 0 atom stereocenters. The summed E-state index contributed by atoms with van der Waals surface area (Å²) in [4.78, 5) is 5.69. The van der Waals surface area contributed by atoms with Gasteiger partial charge in [0.1, 0.15) is 5.03 Å². The van der Waals surface area contributed by atoms with E-state index in [-0.39, 0.29) is 5.54 Å². The monoisotopic (exact) mass is 320 g/mol. The smallest absolute Gasteiger partial charge is 0.104 e. The zero-order chi connectivity index (χ0) is 15.5. The lowest BCUT2D eigenvalue weighted by Gasteiger charge is -2.20. The van der Waals surface area contributed by atoms with Crippen LogP contribution in [0.5, 0.6) is 0 Å². The molecule has 2 aromatic rings. The minimum absolute atomic E-state index is 0.113. The maximum Gasteiger partial charge on any atom is 0.104 e. The molecule has 0 unspecified atom stereocenters. The van der Waals surface area contributed by atoms with Crippen molar-refractivity contribution in [2.45, 2.75) is 49.7 Å². The summed E-state index contributed by atoms with van der Waals surface area (Å²) in [6.07, 6.45) is 1.94. The van der Waals surface area contributed by atoms with Crippen LogP contribution in [0.25, 0.3) is 0 Å². The second-order valence-corrected chi connectivity index (χ2v) is 7.63. The second kappa shape index (κ2) is 6.82. The molecule has 1 aromatic heterocycles. The third-order valence-electron chi connectivity index (χ3n) is 2.92. The Morgan fingerprint density at radius 3 is 2.62 bits per heavy atom. The highest BCUT2D eigenvalue weighted by atomic mass is 35.5. The summed E-state index contributed by atoms with van der Waals surface area (Å²) in [5.41, 5.74) is 2.51. The maximum atomic E-state index is 6.02. The number of hydrogen-bond donors (Lipinski definition) is 1. The Bertz CT molecular complexity index is 620. The molecule has 1 aromatic carbocycles. The number of aryl methyl sites for hydroxylation is 1. The van der Waals surface area contributed by atoms with E-state index in [1.54, 1.807) is 11.8 Å². The Kier molecular flexibility index (Phi) is 5.31. The van der Waals surface area contributed by atoms with E-state index in [0.717, 1.165) is 21.5 Å². The lowest BCUT2D eigenvalue weighted by Crippen LogP contribution is -2.35. The molecule has 112 valence electrons. The zero-order valence-corrected chi connectivity index (χ0v) is 14.5. The van der Waals surface area contributed by atoms with Gasteiger partial charge in [0.05, 0.1) is 0 Å². The van der Waals surface area contributed by atoms with Crippen molar-refractivity contribution in [3.63, 3.8) is 0 Å². The number of aromatic nitrogens is 1. The first-order valence-corrected chi connectivity index (χ1v) is 8.17. The Hall–Kier alpha value is -1.03. The summed E-state index contributed by atoms with van der Waals surface area (Å²) >= 11 is 7.66. The van der Waals surface area contributed by atoms with Gasteiger partial charge in [0.15, 0.2) is 0 Å². The van der Waals surface area contributed by atoms with Gasteiger partial charge in [-0.3, -0.25) is 0 Å². The predicted octanol–water partition coefficient (Wildman–Crippen LogP) is 5.08. The van der Waals surface area contributed by atoms with Gasteiger partial charge < -0.3 is 5.32 Å².